The average molecular weight is 373 g/mol. The number of methoxy groups -OCH3 is 2. The SMILES string of the molecule is COc1c(C)cnc(CSc2nc3cc4c(cc3[nH]2)OCCO4)c1OC. The predicted molar refractivity (Wildman–Crippen MR) is 98.7 cm³/mol. The number of ether oxygens (including phenoxy) is 4. The Hall–Kier alpha value is -2.61. The quantitative estimate of drug-likeness (QED) is 0.687. The minimum atomic E-state index is 0.561. The summed E-state index contributed by atoms with van der Waals surface area (Å²) < 4.78 is 22.2. The van der Waals surface area contributed by atoms with Gasteiger partial charge in [-0.15, -0.1) is 0 Å². The van der Waals surface area contributed by atoms with Crippen LogP contribution in [0.15, 0.2) is 23.5 Å². The van der Waals surface area contributed by atoms with Crippen molar-refractivity contribution in [2.24, 2.45) is 0 Å². The molecule has 7 nitrogen and oxygen atoms in total. The standard InChI is InChI=1S/C18H19N3O4S/c1-10-8-19-13(17(23-3)16(10)22-2)9-26-18-20-11-6-14-15(7-12(11)21-18)25-5-4-24-14/h6-8H,4-5,9H2,1-3H3,(H,20,21). The Balaban J connectivity index is 1.58. The third-order valence-corrected chi connectivity index (χ3v) is 5.00. The zero-order valence-electron chi connectivity index (χ0n) is 14.8. The van der Waals surface area contributed by atoms with Crippen molar-refractivity contribution < 1.29 is 18.9 Å². The Labute approximate surface area is 155 Å². The molecule has 0 saturated carbocycles. The van der Waals surface area contributed by atoms with E-state index in [1.165, 1.54) is 0 Å². The van der Waals surface area contributed by atoms with Crippen molar-refractivity contribution in [2.75, 3.05) is 27.4 Å². The summed E-state index contributed by atoms with van der Waals surface area (Å²) in [5, 5.41) is 0.797. The minimum absolute atomic E-state index is 0.561. The molecule has 1 N–H and O–H groups in total. The molecule has 0 unspecified atom stereocenters. The van der Waals surface area contributed by atoms with E-state index in [-0.39, 0.29) is 0 Å². The summed E-state index contributed by atoms with van der Waals surface area (Å²) in [7, 11) is 3.26. The van der Waals surface area contributed by atoms with Gasteiger partial charge in [0.25, 0.3) is 0 Å². The van der Waals surface area contributed by atoms with E-state index in [1.807, 2.05) is 19.1 Å². The summed E-state index contributed by atoms with van der Waals surface area (Å²) in [6.45, 7) is 3.07. The Morgan fingerprint density at radius 1 is 1.12 bits per heavy atom. The van der Waals surface area contributed by atoms with Gasteiger partial charge in [0.2, 0.25) is 0 Å². The van der Waals surface area contributed by atoms with E-state index in [1.54, 1.807) is 32.2 Å². The lowest BCUT2D eigenvalue weighted by Gasteiger charge is -2.17. The molecule has 0 spiro atoms. The van der Waals surface area contributed by atoms with Crippen LogP contribution in [0, 0.1) is 6.92 Å². The van der Waals surface area contributed by atoms with Gasteiger partial charge in [-0.3, -0.25) is 4.98 Å². The van der Waals surface area contributed by atoms with Crippen LogP contribution in [0.4, 0.5) is 0 Å². The summed E-state index contributed by atoms with van der Waals surface area (Å²) in [6.07, 6.45) is 1.79. The number of thioether (sulfide) groups is 1. The van der Waals surface area contributed by atoms with Gasteiger partial charge < -0.3 is 23.9 Å². The van der Waals surface area contributed by atoms with Crippen molar-refractivity contribution >= 4 is 22.8 Å². The van der Waals surface area contributed by atoms with Crippen LogP contribution in [0.3, 0.4) is 0 Å². The zero-order chi connectivity index (χ0) is 18.1. The van der Waals surface area contributed by atoms with E-state index in [2.05, 4.69) is 15.0 Å². The van der Waals surface area contributed by atoms with Crippen molar-refractivity contribution in [2.45, 2.75) is 17.8 Å². The normalized spacial score (nSPS) is 13.0. The highest BCUT2D eigenvalue weighted by atomic mass is 32.2. The number of pyridine rings is 1. The number of hydrogen-bond donors (Lipinski definition) is 1. The van der Waals surface area contributed by atoms with Crippen LogP contribution < -0.4 is 18.9 Å². The molecule has 26 heavy (non-hydrogen) atoms. The Morgan fingerprint density at radius 2 is 1.85 bits per heavy atom. The van der Waals surface area contributed by atoms with Crippen LogP contribution in [0.1, 0.15) is 11.3 Å². The van der Waals surface area contributed by atoms with Crippen LogP contribution in [0.25, 0.3) is 11.0 Å². The molecule has 0 radical (unpaired) electrons. The molecule has 1 aliphatic rings. The number of aryl methyl sites for hydroxylation is 1. The van der Waals surface area contributed by atoms with Crippen LogP contribution in [0.5, 0.6) is 23.0 Å². The summed E-state index contributed by atoms with van der Waals surface area (Å²) in [4.78, 5) is 12.4. The Bertz CT molecular complexity index is 914. The molecule has 8 heteroatoms. The van der Waals surface area contributed by atoms with Gasteiger partial charge in [0.05, 0.1) is 30.9 Å². The van der Waals surface area contributed by atoms with Gasteiger partial charge in [0, 0.05) is 29.6 Å². The fraction of sp³-hybridized carbons (Fsp3) is 0.333. The topological polar surface area (TPSA) is 78.5 Å². The largest absolute Gasteiger partial charge is 0.492 e. The van der Waals surface area contributed by atoms with Gasteiger partial charge in [-0.05, 0) is 6.92 Å². The molecule has 0 bridgehead atoms. The summed E-state index contributed by atoms with van der Waals surface area (Å²) >= 11 is 1.55. The molecule has 3 heterocycles. The van der Waals surface area contributed by atoms with Crippen molar-refractivity contribution in [3.8, 4) is 23.0 Å². The minimum Gasteiger partial charge on any atom is -0.492 e. The van der Waals surface area contributed by atoms with E-state index in [0.29, 0.717) is 30.5 Å². The highest BCUT2D eigenvalue weighted by molar-refractivity contribution is 7.98. The third-order valence-electron chi connectivity index (χ3n) is 4.12. The first-order valence-electron chi connectivity index (χ1n) is 8.18. The molecule has 2 aromatic heterocycles. The molecular weight excluding hydrogens is 354 g/mol. The van der Waals surface area contributed by atoms with Crippen molar-refractivity contribution in [3.05, 3.63) is 29.6 Å². The molecule has 4 rings (SSSR count). The monoisotopic (exact) mass is 373 g/mol. The average Bonchev–Trinajstić information content (AvgIpc) is 3.06. The number of nitrogens with zero attached hydrogens (tertiary/aromatic N) is 2. The van der Waals surface area contributed by atoms with Gasteiger partial charge in [-0.2, -0.15) is 0 Å². The first kappa shape index (κ1) is 16.8. The van der Waals surface area contributed by atoms with Gasteiger partial charge >= 0.3 is 0 Å². The van der Waals surface area contributed by atoms with Crippen LogP contribution in [0.2, 0.25) is 0 Å². The molecule has 0 aliphatic carbocycles. The van der Waals surface area contributed by atoms with Gasteiger partial charge in [0.1, 0.15) is 13.2 Å². The molecule has 0 saturated heterocycles. The second-order valence-corrected chi connectivity index (χ2v) is 6.76. The van der Waals surface area contributed by atoms with E-state index in [4.69, 9.17) is 18.9 Å². The maximum absolute atomic E-state index is 5.62. The highest BCUT2D eigenvalue weighted by Gasteiger charge is 2.17. The highest BCUT2D eigenvalue weighted by Crippen LogP contribution is 2.37. The maximum Gasteiger partial charge on any atom is 0.183 e. The molecule has 3 aromatic rings. The van der Waals surface area contributed by atoms with Crippen molar-refractivity contribution in [3.63, 3.8) is 0 Å². The van der Waals surface area contributed by atoms with Crippen molar-refractivity contribution in [1.29, 1.82) is 0 Å². The molecule has 0 fully saturated rings. The summed E-state index contributed by atoms with van der Waals surface area (Å²) in [5.41, 5.74) is 3.51. The number of rotatable bonds is 5. The predicted octanol–water partition coefficient (Wildman–Crippen LogP) is 3.35. The Morgan fingerprint density at radius 3 is 2.58 bits per heavy atom. The van der Waals surface area contributed by atoms with E-state index in [9.17, 15) is 0 Å². The number of H-pyrrole nitrogens is 1. The molecule has 136 valence electrons. The summed E-state index contributed by atoms with van der Waals surface area (Å²) in [5.74, 6) is 3.46. The second-order valence-electron chi connectivity index (χ2n) is 5.80. The third kappa shape index (κ3) is 3.01. The lowest BCUT2D eigenvalue weighted by molar-refractivity contribution is 0.172. The van der Waals surface area contributed by atoms with Crippen molar-refractivity contribution in [1.82, 2.24) is 15.0 Å². The van der Waals surface area contributed by atoms with E-state index >= 15 is 0 Å². The van der Waals surface area contributed by atoms with E-state index < -0.39 is 0 Å². The molecule has 1 aromatic carbocycles. The lowest BCUT2D eigenvalue weighted by Crippen LogP contribution is -2.15. The molecule has 1 aliphatic heterocycles. The number of imidazole rings is 1. The number of hydrogen-bond acceptors (Lipinski definition) is 7. The zero-order valence-corrected chi connectivity index (χ0v) is 15.6. The van der Waals surface area contributed by atoms with Gasteiger partial charge in [-0.25, -0.2) is 4.98 Å². The summed E-state index contributed by atoms with van der Waals surface area (Å²) in [6, 6.07) is 3.83. The van der Waals surface area contributed by atoms with Gasteiger partial charge in [-0.1, -0.05) is 11.8 Å². The first-order chi connectivity index (χ1) is 12.7. The number of benzene rings is 1. The lowest BCUT2D eigenvalue weighted by atomic mass is 10.2. The Kier molecular flexibility index (Phi) is 4.50. The van der Waals surface area contributed by atoms with Gasteiger partial charge in [0.15, 0.2) is 28.2 Å². The van der Waals surface area contributed by atoms with Crippen LogP contribution >= 0.6 is 11.8 Å². The molecule has 0 atom stereocenters. The second kappa shape index (κ2) is 6.95. The first-order valence-corrected chi connectivity index (χ1v) is 9.16. The van der Waals surface area contributed by atoms with E-state index in [0.717, 1.165) is 38.9 Å². The molecule has 0 amide bonds. The molecular formula is C18H19N3O4S. The number of aromatic amines is 1. The number of fused-ring (bicyclic) bond motifs is 2. The smallest absolute Gasteiger partial charge is 0.183 e. The van der Waals surface area contributed by atoms with Crippen LogP contribution in [-0.4, -0.2) is 42.4 Å². The number of nitrogens with one attached hydrogen (secondary N) is 1. The maximum atomic E-state index is 5.62. The van der Waals surface area contributed by atoms with Crippen LogP contribution in [-0.2, 0) is 5.75 Å². The fourth-order valence-electron chi connectivity index (χ4n) is 2.90. The fourth-order valence-corrected chi connectivity index (χ4v) is 3.72. The number of aromatic nitrogens is 3.